The first-order valence-electron chi connectivity index (χ1n) is 6.74. The molecule has 0 bridgehead atoms. The third-order valence-electron chi connectivity index (χ3n) is 3.81. The quantitative estimate of drug-likeness (QED) is 0.558. The van der Waals surface area contributed by atoms with Gasteiger partial charge in [0.25, 0.3) is 0 Å². The van der Waals surface area contributed by atoms with Gasteiger partial charge in [-0.15, -0.1) is 0 Å². The van der Waals surface area contributed by atoms with Crippen molar-refractivity contribution in [1.29, 1.82) is 0 Å². The summed E-state index contributed by atoms with van der Waals surface area (Å²) in [7, 11) is 0. The molecule has 4 N–H and O–H groups in total. The molecular formula is C13H16BrN3O5. The summed E-state index contributed by atoms with van der Waals surface area (Å²) in [6, 6.07) is 1.77. The molecule has 9 heteroatoms. The van der Waals surface area contributed by atoms with E-state index in [1.165, 1.54) is 0 Å². The summed E-state index contributed by atoms with van der Waals surface area (Å²) < 4.78 is 7.89. The Morgan fingerprint density at radius 1 is 1.27 bits per heavy atom. The van der Waals surface area contributed by atoms with Crippen LogP contribution in [-0.4, -0.2) is 66.0 Å². The number of aliphatic hydroxyl groups is 4. The number of rotatable bonds is 2. The van der Waals surface area contributed by atoms with Crippen LogP contribution in [0.25, 0.3) is 11.2 Å². The zero-order valence-corrected chi connectivity index (χ0v) is 13.3. The van der Waals surface area contributed by atoms with E-state index in [-0.39, 0.29) is 0 Å². The molecule has 1 fully saturated rings. The van der Waals surface area contributed by atoms with Crippen molar-refractivity contribution in [3.8, 4) is 0 Å². The topological polar surface area (TPSA) is 121 Å². The molecule has 2 aromatic heterocycles. The molecule has 3 rings (SSSR count). The van der Waals surface area contributed by atoms with Crippen LogP contribution in [0.3, 0.4) is 0 Å². The lowest BCUT2D eigenvalue weighted by molar-refractivity contribution is -0.250. The van der Waals surface area contributed by atoms with Crippen LogP contribution in [0, 0.1) is 6.92 Å². The lowest BCUT2D eigenvalue weighted by Gasteiger charge is -2.40. The van der Waals surface area contributed by atoms with E-state index in [1.807, 2.05) is 0 Å². The zero-order chi connectivity index (χ0) is 16.0. The Hall–Kier alpha value is -1.10. The fraction of sp³-hybridized carbons (Fsp3) is 0.538. The van der Waals surface area contributed by atoms with Crippen LogP contribution >= 0.6 is 15.9 Å². The number of aryl methyl sites for hydroxylation is 1. The normalized spacial score (nSPS) is 32.5. The average Bonchev–Trinajstić information content (AvgIpc) is 2.81. The van der Waals surface area contributed by atoms with Gasteiger partial charge >= 0.3 is 0 Å². The van der Waals surface area contributed by atoms with Crippen molar-refractivity contribution >= 4 is 27.1 Å². The van der Waals surface area contributed by atoms with E-state index in [2.05, 4.69) is 25.9 Å². The van der Waals surface area contributed by atoms with E-state index < -0.39 is 37.3 Å². The van der Waals surface area contributed by atoms with E-state index in [0.29, 0.717) is 17.0 Å². The molecular weight excluding hydrogens is 358 g/mol. The molecule has 22 heavy (non-hydrogen) atoms. The summed E-state index contributed by atoms with van der Waals surface area (Å²) in [5.74, 6) is 0.532. The third-order valence-corrected chi connectivity index (χ3v) is 4.24. The van der Waals surface area contributed by atoms with Crippen molar-refractivity contribution in [1.82, 2.24) is 14.5 Å². The molecule has 0 amide bonds. The fourth-order valence-electron chi connectivity index (χ4n) is 2.68. The summed E-state index contributed by atoms with van der Waals surface area (Å²) in [6.45, 7) is 1.24. The van der Waals surface area contributed by atoms with Gasteiger partial charge in [0.15, 0.2) is 11.9 Å². The van der Waals surface area contributed by atoms with Gasteiger partial charge in [0.1, 0.15) is 30.2 Å². The Kier molecular flexibility index (Phi) is 4.19. The first-order chi connectivity index (χ1) is 10.4. The highest BCUT2D eigenvalue weighted by molar-refractivity contribution is 9.10. The number of ether oxygens (including phenoxy) is 1. The third kappa shape index (κ3) is 2.43. The number of nitrogens with zero attached hydrogens (tertiary/aromatic N) is 3. The highest BCUT2D eigenvalue weighted by Gasteiger charge is 2.45. The summed E-state index contributed by atoms with van der Waals surface area (Å²) in [6.07, 6.45) is -4.55. The summed E-state index contributed by atoms with van der Waals surface area (Å²) in [5.41, 5.74) is 1.08. The second kappa shape index (κ2) is 5.84. The van der Waals surface area contributed by atoms with Crippen molar-refractivity contribution in [2.24, 2.45) is 0 Å². The van der Waals surface area contributed by atoms with Crippen LogP contribution in [0.2, 0.25) is 0 Å². The molecule has 1 saturated heterocycles. The van der Waals surface area contributed by atoms with Gasteiger partial charge in [0, 0.05) is 10.7 Å². The molecule has 0 spiro atoms. The molecule has 2 aromatic rings. The number of imidazole rings is 1. The molecule has 5 atom stereocenters. The number of aromatic nitrogens is 3. The van der Waals surface area contributed by atoms with E-state index in [0.717, 1.165) is 4.47 Å². The molecule has 0 aliphatic carbocycles. The predicted octanol–water partition coefficient (Wildman–Crippen LogP) is -0.525. The van der Waals surface area contributed by atoms with E-state index in [1.54, 1.807) is 23.8 Å². The number of hydrogen-bond acceptors (Lipinski definition) is 7. The maximum Gasteiger partial charge on any atom is 0.178 e. The first-order valence-corrected chi connectivity index (χ1v) is 7.54. The van der Waals surface area contributed by atoms with E-state index in [4.69, 9.17) is 4.74 Å². The van der Waals surface area contributed by atoms with Gasteiger partial charge in [0.2, 0.25) is 0 Å². The van der Waals surface area contributed by atoms with Gasteiger partial charge in [-0.25, -0.2) is 9.97 Å². The second-order valence-electron chi connectivity index (χ2n) is 5.24. The Balaban J connectivity index is 2.09. The average molecular weight is 374 g/mol. The minimum atomic E-state index is -1.44. The fourth-order valence-corrected chi connectivity index (χ4v) is 3.00. The number of aliphatic hydroxyl groups excluding tert-OH is 4. The first kappa shape index (κ1) is 15.8. The van der Waals surface area contributed by atoms with Crippen molar-refractivity contribution < 1.29 is 25.2 Å². The zero-order valence-electron chi connectivity index (χ0n) is 11.7. The van der Waals surface area contributed by atoms with Gasteiger partial charge in [-0.2, -0.15) is 0 Å². The van der Waals surface area contributed by atoms with Gasteiger partial charge < -0.3 is 25.2 Å². The van der Waals surface area contributed by atoms with E-state index in [9.17, 15) is 20.4 Å². The minimum absolute atomic E-state index is 0.470. The minimum Gasteiger partial charge on any atom is -0.394 e. The molecule has 3 heterocycles. The van der Waals surface area contributed by atoms with Crippen LogP contribution in [-0.2, 0) is 4.74 Å². The largest absolute Gasteiger partial charge is 0.394 e. The number of fused-ring (bicyclic) bond motifs is 1. The highest BCUT2D eigenvalue weighted by Crippen LogP contribution is 2.32. The molecule has 0 saturated carbocycles. The Morgan fingerprint density at radius 3 is 2.68 bits per heavy atom. The lowest BCUT2D eigenvalue weighted by atomic mass is 9.98. The summed E-state index contributed by atoms with van der Waals surface area (Å²) in [5, 5.41) is 39.3. The Labute approximate surface area is 134 Å². The van der Waals surface area contributed by atoms with E-state index >= 15 is 0 Å². The number of pyridine rings is 1. The van der Waals surface area contributed by atoms with Crippen LogP contribution in [0.15, 0.2) is 16.7 Å². The molecule has 0 radical (unpaired) electrons. The molecule has 120 valence electrons. The molecule has 5 unspecified atom stereocenters. The Morgan fingerprint density at radius 2 is 2.00 bits per heavy atom. The monoisotopic (exact) mass is 373 g/mol. The lowest BCUT2D eigenvalue weighted by Crippen LogP contribution is -2.56. The second-order valence-corrected chi connectivity index (χ2v) is 6.16. The maximum atomic E-state index is 10.2. The van der Waals surface area contributed by atoms with Crippen molar-refractivity contribution in [2.45, 2.75) is 37.6 Å². The van der Waals surface area contributed by atoms with Gasteiger partial charge in [-0.3, -0.25) is 4.57 Å². The number of halogens is 1. The van der Waals surface area contributed by atoms with Crippen molar-refractivity contribution in [3.05, 3.63) is 22.6 Å². The van der Waals surface area contributed by atoms with Gasteiger partial charge in [-0.05, 0) is 28.9 Å². The molecule has 8 nitrogen and oxygen atoms in total. The highest BCUT2D eigenvalue weighted by atomic mass is 79.9. The van der Waals surface area contributed by atoms with Crippen molar-refractivity contribution in [2.75, 3.05) is 6.61 Å². The van der Waals surface area contributed by atoms with Gasteiger partial charge in [-0.1, -0.05) is 0 Å². The molecule has 0 aromatic carbocycles. The van der Waals surface area contributed by atoms with Crippen LogP contribution in [0.4, 0.5) is 0 Å². The van der Waals surface area contributed by atoms with Gasteiger partial charge in [0.05, 0.1) is 12.1 Å². The summed E-state index contributed by atoms with van der Waals surface area (Å²) in [4.78, 5) is 8.47. The summed E-state index contributed by atoms with van der Waals surface area (Å²) >= 11 is 3.33. The Bertz CT molecular complexity index is 692. The molecule has 1 aliphatic heterocycles. The smallest absolute Gasteiger partial charge is 0.178 e. The SMILES string of the molecule is Cc1nc2ncc(Br)cc2n1C1OC(CO)C(O)C(O)C1O. The standard InChI is InChI=1S/C13H16BrN3O5/c1-5-16-12-7(2-6(14)3-15-12)17(5)13-11(21)10(20)9(19)8(4-18)22-13/h2-3,8-11,13,18-21H,4H2,1H3. The number of hydrogen-bond donors (Lipinski definition) is 4. The van der Waals surface area contributed by atoms with Crippen LogP contribution in [0.5, 0.6) is 0 Å². The van der Waals surface area contributed by atoms with Crippen molar-refractivity contribution in [3.63, 3.8) is 0 Å². The van der Waals surface area contributed by atoms with Crippen LogP contribution in [0.1, 0.15) is 12.1 Å². The maximum absolute atomic E-state index is 10.2. The van der Waals surface area contributed by atoms with Crippen LogP contribution < -0.4 is 0 Å². The molecule has 1 aliphatic rings. The predicted molar refractivity (Wildman–Crippen MR) is 79.0 cm³/mol.